The first kappa shape index (κ1) is 20.6. The molecule has 0 saturated heterocycles. The molecule has 2 aromatic heterocycles. The van der Waals surface area contributed by atoms with E-state index in [1.165, 1.54) is 28.7 Å². The van der Waals surface area contributed by atoms with E-state index in [1.54, 1.807) is 0 Å². The van der Waals surface area contributed by atoms with Crippen molar-refractivity contribution in [2.45, 2.75) is 52.5 Å². The Hall–Kier alpha value is -2.12. The van der Waals surface area contributed by atoms with Gasteiger partial charge in [0.25, 0.3) is 5.56 Å². The second-order valence-corrected chi connectivity index (χ2v) is 9.72. The summed E-state index contributed by atoms with van der Waals surface area (Å²) in [5.74, 6) is 1.03. The maximum atomic E-state index is 12.6. The highest BCUT2D eigenvalue weighted by atomic mass is 32.2. The van der Waals surface area contributed by atoms with Crippen molar-refractivity contribution in [3.05, 3.63) is 55.4 Å². The summed E-state index contributed by atoms with van der Waals surface area (Å²) in [4.78, 5) is 34.3. The number of hydrogen-bond acceptors (Lipinski definition) is 5. The molecule has 3 rings (SSSR count). The number of aromatic nitrogens is 2. The molecule has 0 saturated carbocycles. The largest absolute Gasteiger partial charge is 0.325 e. The van der Waals surface area contributed by atoms with Gasteiger partial charge in [-0.1, -0.05) is 17.7 Å². The molecule has 2 N–H and O–H groups in total. The maximum Gasteiger partial charge on any atom is 0.259 e. The van der Waals surface area contributed by atoms with Crippen molar-refractivity contribution in [2.75, 3.05) is 5.32 Å². The number of hydrogen-bond donors (Lipinski definition) is 2. The van der Waals surface area contributed by atoms with E-state index in [1.807, 2.05) is 41.5 Å². The molecule has 0 aliphatic rings. The molecule has 7 heteroatoms. The summed E-state index contributed by atoms with van der Waals surface area (Å²) in [7, 11) is 0. The van der Waals surface area contributed by atoms with E-state index in [0.717, 1.165) is 32.1 Å². The zero-order chi connectivity index (χ0) is 20.6. The zero-order valence-corrected chi connectivity index (χ0v) is 18.7. The lowest BCUT2D eigenvalue weighted by Crippen LogP contribution is -2.24. The molecule has 1 aromatic carbocycles. The summed E-state index contributed by atoms with van der Waals surface area (Å²) in [6.07, 6.45) is 0. The van der Waals surface area contributed by atoms with Crippen LogP contribution in [0.3, 0.4) is 0 Å². The highest BCUT2D eigenvalue weighted by Crippen LogP contribution is 2.27. The Morgan fingerprint density at radius 1 is 1.21 bits per heavy atom. The Kier molecular flexibility index (Phi) is 5.95. The molecular formula is C21H25N3O2S2. The molecule has 1 atom stereocenters. The summed E-state index contributed by atoms with van der Waals surface area (Å²) >= 11 is 2.99. The van der Waals surface area contributed by atoms with Crippen molar-refractivity contribution in [1.82, 2.24) is 9.97 Å². The number of amides is 1. The maximum absolute atomic E-state index is 12.6. The number of aryl methyl sites for hydroxylation is 5. The van der Waals surface area contributed by atoms with Crippen LogP contribution in [0.5, 0.6) is 0 Å². The fraction of sp³-hybridized carbons (Fsp3) is 0.381. The SMILES string of the molecule is Cc1cc(C)c(NC(=O)[C@@H](C)SCc2nc3sc(C)c(C)c3c(=O)[nH]2)c(C)c1. The number of thioether (sulfide) groups is 1. The number of thiophene rings is 1. The van der Waals surface area contributed by atoms with E-state index < -0.39 is 0 Å². The lowest BCUT2D eigenvalue weighted by atomic mass is 10.1. The fourth-order valence-electron chi connectivity index (χ4n) is 3.25. The minimum Gasteiger partial charge on any atom is -0.325 e. The summed E-state index contributed by atoms with van der Waals surface area (Å²) in [6.45, 7) is 11.9. The van der Waals surface area contributed by atoms with Gasteiger partial charge in [0.15, 0.2) is 0 Å². The number of aromatic amines is 1. The summed E-state index contributed by atoms with van der Waals surface area (Å²) in [5, 5.41) is 3.45. The van der Waals surface area contributed by atoms with E-state index in [4.69, 9.17) is 0 Å². The first-order valence-electron chi connectivity index (χ1n) is 9.16. The molecular weight excluding hydrogens is 390 g/mol. The molecule has 0 fully saturated rings. The number of anilines is 1. The number of nitrogens with one attached hydrogen (secondary N) is 2. The van der Waals surface area contributed by atoms with Gasteiger partial charge in [0.1, 0.15) is 10.7 Å². The van der Waals surface area contributed by atoms with E-state index in [0.29, 0.717) is 17.0 Å². The van der Waals surface area contributed by atoms with Crippen LogP contribution in [-0.2, 0) is 10.5 Å². The Morgan fingerprint density at radius 2 is 1.86 bits per heavy atom. The summed E-state index contributed by atoms with van der Waals surface area (Å²) in [5.41, 5.74) is 5.06. The highest BCUT2D eigenvalue weighted by Gasteiger charge is 2.17. The number of rotatable bonds is 5. The third-order valence-corrected chi connectivity index (χ3v) is 7.11. The highest BCUT2D eigenvalue weighted by molar-refractivity contribution is 7.99. The van der Waals surface area contributed by atoms with Crippen molar-refractivity contribution in [2.24, 2.45) is 0 Å². The summed E-state index contributed by atoms with van der Waals surface area (Å²) in [6, 6.07) is 4.13. The topological polar surface area (TPSA) is 74.8 Å². The predicted molar refractivity (Wildman–Crippen MR) is 120 cm³/mol. The van der Waals surface area contributed by atoms with E-state index in [2.05, 4.69) is 27.4 Å². The Morgan fingerprint density at radius 3 is 2.50 bits per heavy atom. The Bertz CT molecular complexity index is 1090. The van der Waals surface area contributed by atoms with Gasteiger partial charge in [-0.05, 0) is 58.2 Å². The average Bonchev–Trinajstić information content (AvgIpc) is 2.90. The van der Waals surface area contributed by atoms with Crippen molar-refractivity contribution in [3.8, 4) is 0 Å². The van der Waals surface area contributed by atoms with Crippen molar-refractivity contribution in [1.29, 1.82) is 0 Å². The normalized spacial score (nSPS) is 12.4. The monoisotopic (exact) mass is 415 g/mol. The standard InChI is InChI=1S/C21H25N3O2S2/c1-10-7-11(2)18(12(3)8-10)24-19(25)15(6)27-9-16-22-20(26)17-13(4)14(5)28-21(17)23-16/h7-8,15H,9H2,1-6H3,(H,24,25)(H,22,23,26)/t15-/m1/s1. The minimum absolute atomic E-state index is 0.0497. The Labute approximate surface area is 173 Å². The van der Waals surface area contributed by atoms with Crippen LogP contribution in [0.4, 0.5) is 5.69 Å². The zero-order valence-electron chi connectivity index (χ0n) is 17.0. The van der Waals surface area contributed by atoms with Crippen LogP contribution in [-0.4, -0.2) is 21.1 Å². The Balaban J connectivity index is 1.70. The number of carbonyl (C=O) groups excluding carboxylic acids is 1. The van der Waals surface area contributed by atoms with Crippen LogP contribution in [0.2, 0.25) is 0 Å². The number of carbonyl (C=O) groups is 1. The van der Waals surface area contributed by atoms with Gasteiger partial charge >= 0.3 is 0 Å². The molecule has 5 nitrogen and oxygen atoms in total. The third-order valence-electron chi connectivity index (χ3n) is 4.85. The molecule has 28 heavy (non-hydrogen) atoms. The first-order valence-corrected chi connectivity index (χ1v) is 11.0. The van der Waals surface area contributed by atoms with E-state index in [-0.39, 0.29) is 16.7 Å². The molecule has 0 radical (unpaired) electrons. The van der Waals surface area contributed by atoms with Gasteiger partial charge in [-0.25, -0.2) is 4.98 Å². The lowest BCUT2D eigenvalue weighted by Gasteiger charge is -2.16. The van der Waals surface area contributed by atoms with E-state index >= 15 is 0 Å². The number of benzene rings is 1. The summed E-state index contributed by atoms with van der Waals surface area (Å²) < 4.78 is 0. The van der Waals surface area contributed by atoms with Gasteiger partial charge in [-0.15, -0.1) is 23.1 Å². The number of fused-ring (bicyclic) bond motifs is 1. The molecule has 0 unspecified atom stereocenters. The van der Waals surface area contributed by atoms with Crippen LogP contribution >= 0.6 is 23.1 Å². The third kappa shape index (κ3) is 4.15. The van der Waals surface area contributed by atoms with Gasteiger partial charge in [0.05, 0.1) is 16.4 Å². The van der Waals surface area contributed by atoms with E-state index in [9.17, 15) is 9.59 Å². The average molecular weight is 416 g/mol. The second kappa shape index (κ2) is 8.09. The molecule has 0 aliphatic carbocycles. The minimum atomic E-state index is -0.270. The predicted octanol–water partition coefficient (Wildman–Crippen LogP) is 4.79. The van der Waals surface area contributed by atoms with Gasteiger partial charge in [-0.2, -0.15) is 0 Å². The van der Waals surface area contributed by atoms with Gasteiger partial charge in [0.2, 0.25) is 5.91 Å². The smallest absolute Gasteiger partial charge is 0.259 e. The lowest BCUT2D eigenvalue weighted by molar-refractivity contribution is -0.115. The number of nitrogens with zero attached hydrogens (tertiary/aromatic N) is 1. The van der Waals surface area contributed by atoms with Crippen LogP contribution in [0.25, 0.3) is 10.2 Å². The molecule has 1 amide bonds. The molecule has 148 valence electrons. The molecule has 0 spiro atoms. The molecule has 3 aromatic rings. The van der Waals surface area contributed by atoms with Crippen LogP contribution < -0.4 is 10.9 Å². The van der Waals surface area contributed by atoms with Gasteiger partial charge < -0.3 is 10.3 Å². The molecule has 2 heterocycles. The first-order chi connectivity index (χ1) is 13.2. The van der Waals surface area contributed by atoms with Crippen molar-refractivity contribution >= 4 is 44.9 Å². The molecule has 0 bridgehead atoms. The van der Waals surface area contributed by atoms with Crippen LogP contribution in [0.15, 0.2) is 16.9 Å². The van der Waals surface area contributed by atoms with Crippen molar-refractivity contribution in [3.63, 3.8) is 0 Å². The van der Waals surface area contributed by atoms with Crippen LogP contribution in [0, 0.1) is 34.6 Å². The van der Waals surface area contributed by atoms with Crippen molar-refractivity contribution < 1.29 is 4.79 Å². The quantitative estimate of drug-likeness (QED) is 0.628. The fourth-order valence-corrected chi connectivity index (χ4v) is 5.05. The van der Waals surface area contributed by atoms with Gasteiger partial charge in [0, 0.05) is 10.6 Å². The van der Waals surface area contributed by atoms with Crippen LogP contribution in [0.1, 0.15) is 39.9 Å². The van der Waals surface area contributed by atoms with Gasteiger partial charge in [-0.3, -0.25) is 9.59 Å². The second-order valence-electron chi connectivity index (χ2n) is 7.19. The number of H-pyrrole nitrogens is 1. The molecule has 0 aliphatic heterocycles.